The topological polar surface area (TPSA) is 12.9 Å². The Morgan fingerprint density at radius 1 is 1.00 bits per heavy atom. The monoisotopic (exact) mass is 221 g/mol. The second-order valence-electron chi connectivity index (χ2n) is 3.31. The van der Waals surface area contributed by atoms with E-state index in [1.807, 2.05) is 0 Å². The van der Waals surface area contributed by atoms with Crippen molar-refractivity contribution in [3.05, 3.63) is 65.2 Å². The molecule has 0 radical (unpaired) electrons. The van der Waals surface area contributed by atoms with E-state index in [-0.39, 0.29) is 5.82 Å². The molecule has 0 amide bonds. The minimum Gasteiger partial charge on any atom is -0.231 e. The van der Waals surface area contributed by atoms with Gasteiger partial charge in [-0.2, -0.15) is 0 Å². The van der Waals surface area contributed by atoms with Crippen LogP contribution in [0.4, 0.5) is 4.39 Å². The first-order valence-corrected chi connectivity index (χ1v) is 4.99. The number of pyridine rings is 1. The molecule has 1 nitrogen and oxygen atoms in total. The van der Waals surface area contributed by atoms with Crippen LogP contribution < -0.4 is 0 Å². The summed E-state index contributed by atoms with van der Waals surface area (Å²) in [6, 6.07) is 11.4. The molecule has 0 saturated carbocycles. The number of benzene rings is 1. The van der Waals surface area contributed by atoms with Gasteiger partial charge in [0.25, 0.3) is 0 Å². The van der Waals surface area contributed by atoms with Crippen LogP contribution in [0.25, 0.3) is 0 Å². The van der Waals surface area contributed by atoms with Gasteiger partial charge in [0.05, 0.1) is 0 Å². The fourth-order valence-corrected chi connectivity index (χ4v) is 1.29. The first-order valence-electron chi connectivity index (χ1n) is 4.99. The maximum Gasteiger partial charge on any atom is 0.124 e. The zero-order chi connectivity index (χ0) is 12.1. The van der Waals surface area contributed by atoms with Crippen molar-refractivity contribution in [1.82, 2.24) is 4.98 Å². The lowest BCUT2D eigenvalue weighted by molar-refractivity contribution is 0.627. The van der Waals surface area contributed by atoms with Crippen LogP contribution in [-0.2, 0) is 0 Å². The smallest absolute Gasteiger partial charge is 0.124 e. The number of aromatic nitrogens is 1. The number of hydrogen-bond acceptors (Lipinski definition) is 1. The minimum atomic E-state index is -0.304. The molecule has 0 aliphatic heterocycles. The average Bonchev–Trinajstić information content (AvgIpc) is 2.37. The van der Waals surface area contributed by atoms with Gasteiger partial charge in [-0.3, -0.25) is 0 Å². The quantitative estimate of drug-likeness (QED) is 0.623. The summed E-state index contributed by atoms with van der Waals surface area (Å²) in [5.74, 6) is 7.80. The van der Waals surface area contributed by atoms with Gasteiger partial charge in [-0.25, -0.2) is 9.37 Å². The number of nitrogens with zero attached hydrogens (tertiary/aromatic N) is 1. The van der Waals surface area contributed by atoms with Gasteiger partial charge < -0.3 is 0 Å². The van der Waals surface area contributed by atoms with E-state index < -0.39 is 0 Å². The third-order valence-corrected chi connectivity index (χ3v) is 2.06. The first-order chi connectivity index (χ1) is 8.28. The maximum atomic E-state index is 12.9. The highest BCUT2D eigenvalue weighted by Crippen LogP contribution is 2.02. The highest BCUT2D eigenvalue weighted by Gasteiger charge is 1.92. The Kier molecular flexibility index (Phi) is 3.19. The summed E-state index contributed by atoms with van der Waals surface area (Å²) in [6.45, 7) is 0. The summed E-state index contributed by atoms with van der Waals surface area (Å²) < 4.78 is 12.9. The molecule has 2 heteroatoms. The SMILES string of the molecule is C#Cc1cccc(C#Cc2cccc(F)c2)n1. The largest absolute Gasteiger partial charge is 0.231 e. The number of rotatable bonds is 0. The van der Waals surface area contributed by atoms with Gasteiger partial charge >= 0.3 is 0 Å². The summed E-state index contributed by atoms with van der Waals surface area (Å²) in [5.41, 5.74) is 1.72. The zero-order valence-corrected chi connectivity index (χ0v) is 8.94. The normalized spacial score (nSPS) is 8.94. The Hall–Kier alpha value is -2.58. The Morgan fingerprint density at radius 2 is 1.76 bits per heavy atom. The number of halogens is 1. The molecule has 0 atom stereocenters. The molecule has 17 heavy (non-hydrogen) atoms. The lowest BCUT2D eigenvalue weighted by Crippen LogP contribution is -1.86. The highest BCUT2D eigenvalue weighted by atomic mass is 19.1. The molecule has 0 unspecified atom stereocenters. The molecular weight excluding hydrogens is 213 g/mol. The number of hydrogen-bond donors (Lipinski definition) is 0. The molecular formula is C15H8FN. The van der Waals surface area contributed by atoms with E-state index in [0.29, 0.717) is 17.0 Å². The van der Waals surface area contributed by atoms with Crippen molar-refractivity contribution in [2.45, 2.75) is 0 Å². The van der Waals surface area contributed by atoms with Crippen LogP contribution >= 0.6 is 0 Å². The molecule has 0 aliphatic rings. The van der Waals surface area contributed by atoms with Crippen molar-refractivity contribution >= 4 is 0 Å². The molecule has 2 aromatic rings. The Balaban J connectivity index is 2.30. The standard InChI is InChI=1S/C15H8FN/c1-2-14-7-4-8-15(17-14)10-9-12-5-3-6-13(16)11-12/h1,3-8,11H. The van der Waals surface area contributed by atoms with E-state index in [1.165, 1.54) is 12.1 Å². The lowest BCUT2D eigenvalue weighted by Gasteiger charge is -1.92. The second-order valence-corrected chi connectivity index (χ2v) is 3.31. The van der Waals surface area contributed by atoms with Gasteiger partial charge in [0, 0.05) is 5.56 Å². The highest BCUT2D eigenvalue weighted by molar-refractivity contribution is 5.41. The molecule has 1 aromatic heterocycles. The van der Waals surface area contributed by atoms with Crippen molar-refractivity contribution in [3.8, 4) is 24.2 Å². The van der Waals surface area contributed by atoms with Crippen LogP contribution in [0.2, 0.25) is 0 Å². The third-order valence-electron chi connectivity index (χ3n) is 2.06. The molecule has 2 rings (SSSR count). The van der Waals surface area contributed by atoms with E-state index in [4.69, 9.17) is 6.42 Å². The summed E-state index contributed by atoms with van der Waals surface area (Å²) in [4.78, 5) is 4.13. The Labute approximate surface area is 99.3 Å². The number of terminal acetylenes is 1. The van der Waals surface area contributed by atoms with Gasteiger partial charge in [0.2, 0.25) is 0 Å². The van der Waals surface area contributed by atoms with Crippen molar-refractivity contribution in [2.75, 3.05) is 0 Å². The van der Waals surface area contributed by atoms with Crippen LogP contribution in [-0.4, -0.2) is 4.98 Å². The van der Waals surface area contributed by atoms with E-state index in [1.54, 1.807) is 30.3 Å². The average molecular weight is 221 g/mol. The summed E-state index contributed by atoms with van der Waals surface area (Å²) in [6.07, 6.45) is 5.24. The maximum absolute atomic E-state index is 12.9. The lowest BCUT2D eigenvalue weighted by atomic mass is 10.2. The van der Waals surface area contributed by atoms with E-state index in [2.05, 4.69) is 22.7 Å². The second kappa shape index (κ2) is 4.96. The van der Waals surface area contributed by atoms with Crippen LogP contribution in [0.1, 0.15) is 17.0 Å². The van der Waals surface area contributed by atoms with Crippen molar-refractivity contribution in [1.29, 1.82) is 0 Å². The van der Waals surface area contributed by atoms with Crippen molar-refractivity contribution < 1.29 is 4.39 Å². The molecule has 1 heterocycles. The molecule has 0 fully saturated rings. The predicted molar refractivity (Wildman–Crippen MR) is 64.6 cm³/mol. The molecule has 80 valence electrons. The molecule has 0 aliphatic carbocycles. The zero-order valence-electron chi connectivity index (χ0n) is 8.94. The van der Waals surface area contributed by atoms with Crippen LogP contribution in [0.3, 0.4) is 0 Å². The molecule has 0 bridgehead atoms. The summed E-state index contributed by atoms with van der Waals surface area (Å²) in [7, 11) is 0. The fraction of sp³-hybridized carbons (Fsp3) is 0. The third kappa shape index (κ3) is 2.93. The van der Waals surface area contributed by atoms with E-state index in [9.17, 15) is 4.39 Å². The van der Waals surface area contributed by atoms with Gasteiger partial charge in [-0.15, -0.1) is 6.42 Å². The van der Waals surface area contributed by atoms with E-state index in [0.717, 1.165) is 0 Å². The Morgan fingerprint density at radius 3 is 2.53 bits per heavy atom. The van der Waals surface area contributed by atoms with Crippen LogP contribution in [0.15, 0.2) is 42.5 Å². The fourth-order valence-electron chi connectivity index (χ4n) is 1.29. The van der Waals surface area contributed by atoms with Gasteiger partial charge in [0.1, 0.15) is 17.2 Å². The minimum absolute atomic E-state index is 0.304. The van der Waals surface area contributed by atoms with Gasteiger partial charge in [0.15, 0.2) is 0 Å². The molecule has 1 aromatic carbocycles. The van der Waals surface area contributed by atoms with Gasteiger partial charge in [-0.05, 0) is 36.3 Å². The van der Waals surface area contributed by atoms with Crippen LogP contribution in [0.5, 0.6) is 0 Å². The predicted octanol–water partition coefficient (Wildman–Crippen LogP) is 2.60. The Bertz CT molecular complexity index is 642. The molecule has 0 saturated heterocycles. The van der Waals surface area contributed by atoms with Crippen molar-refractivity contribution in [2.24, 2.45) is 0 Å². The van der Waals surface area contributed by atoms with Gasteiger partial charge in [-0.1, -0.05) is 24.0 Å². The van der Waals surface area contributed by atoms with Crippen LogP contribution in [0, 0.1) is 30.0 Å². The van der Waals surface area contributed by atoms with Crippen molar-refractivity contribution in [3.63, 3.8) is 0 Å². The summed E-state index contributed by atoms with van der Waals surface area (Å²) in [5, 5.41) is 0. The summed E-state index contributed by atoms with van der Waals surface area (Å²) >= 11 is 0. The molecule has 0 spiro atoms. The molecule has 0 N–H and O–H groups in total. The van der Waals surface area contributed by atoms with E-state index >= 15 is 0 Å². The first kappa shape index (κ1) is 10.9.